The summed E-state index contributed by atoms with van der Waals surface area (Å²) >= 11 is 0. The lowest BCUT2D eigenvalue weighted by Crippen LogP contribution is -2.25. The fraction of sp³-hybridized carbons (Fsp3) is 0.353. The molecule has 4 heteroatoms. The lowest BCUT2D eigenvalue weighted by Gasteiger charge is -2.22. The number of hydrogen-bond acceptors (Lipinski definition) is 4. The summed E-state index contributed by atoms with van der Waals surface area (Å²) in [5.74, 6) is 0. The van der Waals surface area contributed by atoms with Crippen molar-refractivity contribution < 1.29 is 5.11 Å². The maximum absolute atomic E-state index is 9.05. The van der Waals surface area contributed by atoms with Crippen molar-refractivity contribution >= 4 is 11.4 Å². The molecule has 2 aromatic rings. The van der Waals surface area contributed by atoms with Crippen LogP contribution in [0.2, 0.25) is 0 Å². The number of aromatic nitrogens is 1. The third-order valence-electron chi connectivity index (χ3n) is 3.45. The highest BCUT2D eigenvalue weighted by molar-refractivity contribution is 5.55. The van der Waals surface area contributed by atoms with E-state index in [0.29, 0.717) is 6.54 Å². The number of anilines is 2. The van der Waals surface area contributed by atoms with Crippen molar-refractivity contribution in [2.75, 3.05) is 29.9 Å². The molecule has 112 valence electrons. The van der Waals surface area contributed by atoms with E-state index in [1.165, 1.54) is 5.56 Å². The summed E-state index contributed by atoms with van der Waals surface area (Å²) < 4.78 is 0. The van der Waals surface area contributed by atoms with Gasteiger partial charge in [-0.2, -0.15) is 0 Å². The first-order chi connectivity index (χ1) is 10.2. The van der Waals surface area contributed by atoms with Crippen LogP contribution in [0.3, 0.4) is 0 Å². The van der Waals surface area contributed by atoms with Crippen molar-refractivity contribution in [1.29, 1.82) is 0 Å². The zero-order chi connectivity index (χ0) is 15.1. The van der Waals surface area contributed by atoms with Gasteiger partial charge in [0.1, 0.15) is 0 Å². The zero-order valence-corrected chi connectivity index (χ0v) is 12.7. The Kier molecular flexibility index (Phi) is 5.58. The van der Waals surface area contributed by atoms with Gasteiger partial charge in [-0.25, -0.2) is 0 Å². The van der Waals surface area contributed by atoms with Crippen LogP contribution >= 0.6 is 0 Å². The maximum atomic E-state index is 9.05. The van der Waals surface area contributed by atoms with Crippen LogP contribution < -0.4 is 10.2 Å². The van der Waals surface area contributed by atoms with Crippen LogP contribution in [0.25, 0.3) is 0 Å². The minimum atomic E-state index is 0.175. The van der Waals surface area contributed by atoms with Crippen LogP contribution in [-0.2, 0) is 6.54 Å². The predicted octanol–water partition coefficient (Wildman–Crippen LogP) is 2.82. The highest BCUT2D eigenvalue weighted by Gasteiger charge is 2.03. The largest absolute Gasteiger partial charge is 0.395 e. The summed E-state index contributed by atoms with van der Waals surface area (Å²) in [7, 11) is 0. The van der Waals surface area contributed by atoms with E-state index in [1.54, 1.807) is 0 Å². The fourth-order valence-corrected chi connectivity index (χ4v) is 2.19. The number of rotatable bonds is 7. The zero-order valence-electron chi connectivity index (χ0n) is 12.7. The van der Waals surface area contributed by atoms with Gasteiger partial charge >= 0.3 is 0 Å². The third-order valence-corrected chi connectivity index (χ3v) is 3.45. The summed E-state index contributed by atoms with van der Waals surface area (Å²) in [5.41, 5.74) is 4.42. The molecule has 0 atom stereocenters. The van der Waals surface area contributed by atoms with Crippen LogP contribution in [0.15, 0.2) is 42.6 Å². The van der Waals surface area contributed by atoms with Crippen LogP contribution in [0, 0.1) is 6.92 Å². The summed E-state index contributed by atoms with van der Waals surface area (Å²) in [6.45, 7) is 6.57. The molecule has 1 aromatic carbocycles. The average molecular weight is 285 g/mol. The number of hydrogen-bond donors (Lipinski definition) is 2. The fourth-order valence-electron chi connectivity index (χ4n) is 2.19. The van der Waals surface area contributed by atoms with E-state index in [4.69, 9.17) is 5.11 Å². The molecular weight excluding hydrogens is 262 g/mol. The molecule has 0 aliphatic rings. The second-order valence-corrected chi connectivity index (χ2v) is 5.01. The maximum Gasteiger partial charge on any atom is 0.0606 e. The monoisotopic (exact) mass is 285 g/mol. The number of aryl methyl sites for hydroxylation is 1. The van der Waals surface area contributed by atoms with E-state index in [-0.39, 0.29) is 6.61 Å². The Bertz CT molecular complexity index is 537. The lowest BCUT2D eigenvalue weighted by atomic mass is 10.2. The summed E-state index contributed by atoms with van der Waals surface area (Å²) in [6.07, 6.45) is 1.90. The van der Waals surface area contributed by atoms with Crippen LogP contribution in [0.5, 0.6) is 0 Å². The molecular formula is C17H23N3O. The summed E-state index contributed by atoms with van der Waals surface area (Å²) in [4.78, 5) is 6.44. The van der Waals surface area contributed by atoms with Crippen LogP contribution in [-0.4, -0.2) is 29.8 Å². The first kappa shape index (κ1) is 15.3. The highest BCUT2D eigenvalue weighted by Crippen LogP contribution is 2.18. The Morgan fingerprint density at radius 3 is 2.48 bits per heavy atom. The SMILES string of the molecule is CCN(CCO)c1ccc(NCc2ccc(C)nc2)cc1. The molecule has 2 rings (SSSR count). The van der Waals surface area contributed by atoms with Gasteiger partial charge in [0.05, 0.1) is 6.61 Å². The second kappa shape index (κ2) is 7.64. The molecule has 0 aliphatic heterocycles. The lowest BCUT2D eigenvalue weighted by molar-refractivity contribution is 0.302. The van der Waals surface area contributed by atoms with Gasteiger partial charge in [-0.1, -0.05) is 6.07 Å². The molecule has 21 heavy (non-hydrogen) atoms. The number of pyridine rings is 1. The smallest absolute Gasteiger partial charge is 0.0606 e. The summed E-state index contributed by atoms with van der Waals surface area (Å²) in [5, 5.41) is 12.4. The molecule has 0 radical (unpaired) electrons. The van der Waals surface area contributed by atoms with Crippen molar-refractivity contribution in [3.8, 4) is 0 Å². The normalized spacial score (nSPS) is 10.4. The Labute approximate surface area is 126 Å². The van der Waals surface area contributed by atoms with E-state index in [2.05, 4.69) is 52.5 Å². The Hall–Kier alpha value is -2.07. The van der Waals surface area contributed by atoms with Crippen LogP contribution in [0.4, 0.5) is 11.4 Å². The quantitative estimate of drug-likeness (QED) is 0.821. The number of aliphatic hydroxyl groups excluding tert-OH is 1. The molecule has 0 bridgehead atoms. The number of likely N-dealkylation sites (N-methyl/N-ethyl adjacent to an activating group) is 1. The average Bonchev–Trinajstić information content (AvgIpc) is 2.53. The van der Waals surface area contributed by atoms with E-state index in [9.17, 15) is 0 Å². The molecule has 0 aliphatic carbocycles. The molecule has 0 saturated carbocycles. The molecule has 2 N–H and O–H groups in total. The highest BCUT2D eigenvalue weighted by atomic mass is 16.3. The van der Waals surface area contributed by atoms with Crippen molar-refractivity contribution in [3.63, 3.8) is 0 Å². The number of nitrogens with one attached hydrogen (secondary N) is 1. The van der Waals surface area contributed by atoms with Gasteiger partial charge < -0.3 is 15.3 Å². The number of nitrogens with zero attached hydrogens (tertiary/aromatic N) is 2. The molecule has 0 saturated heterocycles. The van der Waals surface area contributed by atoms with E-state index in [1.807, 2.05) is 19.2 Å². The molecule has 0 spiro atoms. The third kappa shape index (κ3) is 4.46. The molecule has 1 heterocycles. The molecule has 0 fully saturated rings. The van der Waals surface area contributed by atoms with Gasteiger partial charge in [0.25, 0.3) is 0 Å². The van der Waals surface area contributed by atoms with Crippen LogP contribution in [0.1, 0.15) is 18.2 Å². The minimum Gasteiger partial charge on any atom is -0.395 e. The van der Waals surface area contributed by atoms with Crippen molar-refractivity contribution in [2.45, 2.75) is 20.4 Å². The Balaban J connectivity index is 1.94. The standard InChI is InChI=1S/C17H23N3O/c1-3-20(10-11-21)17-8-6-16(7-9-17)19-13-15-5-4-14(2)18-12-15/h4-9,12,19,21H,3,10-11,13H2,1-2H3. The van der Waals surface area contributed by atoms with E-state index in [0.717, 1.165) is 30.2 Å². The molecule has 0 amide bonds. The predicted molar refractivity (Wildman–Crippen MR) is 87.7 cm³/mol. The Morgan fingerprint density at radius 2 is 1.90 bits per heavy atom. The van der Waals surface area contributed by atoms with Gasteiger partial charge in [0, 0.05) is 42.9 Å². The minimum absolute atomic E-state index is 0.175. The molecule has 1 aromatic heterocycles. The van der Waals surface area contributed by atoms with E-state index < -0.39 is 0 Å². The van der Waals surface area contributed by atoms with Gasteiger partial charge in [-0.15, -0.1) is 0 Å². The number of aliphatic hydroxyl groups is 1. The van der Waals surface area contributed by atoms with Gasteiger partial charge in [0.2, 0.25) is 0 Å². The van der Waals surface area contributed by atoms with Crippen molar-refractivity contribution in [2.24, 2.45) is 0 Å². The van der Waals surface area contributed by atoms with E-state index >= 15 is 0 Å². The molecule has 4 nitrogen and oxygen atoms in total. The topological polar surface area (TPSA) is 48.4 Å². The van der Waals surface area contributed by atoms with Gasteiger partial charge in [-0.3, -0.25) is 4.98 Å². The first-order valence-corrected chi connectivity index (χ1v) is 7.34. The van der Waals surface area contributed by atoms with Crippen molar-refractivity contribution in [1.82, 2.24) is 4.98 Å². The summed E-state index contributed by atoms with van der Waals surface area (Å²) in [6, 6.07) is 12.4. The second-order valence-electron chi connectivity index (χ2n) is 5.01. The van der Waals surface area contributed by atoms with Crippen molar-refractivity contribution in [3.05, 3.63) is 53.9 Å². The molecule has 0 unspecified atom stereocenters. The van der Waals surface area contributed by atoms with Gasteiger partial charge in [-0.05, 0) is 49.7 Å². The number of benzene rings is 1. The first-order valence-electron chi connectivity index (χ1n) is 7.34. The Morgan fingerprint density at radius 1 is 1.14 bits per heavy atom. The van der Waals surface area contributed by atoms with Gasteiger partial charge in [0.15, 0.2) is 0 Å².